The van der Waals surface area contributed by atoms with E-state index in [1.54, 1.807) is 0 Å². The number of esters is 4. The number of allylic oxidation sites excluding steroid dienone is 4. The zero-order chi connectivity index (χ0) is 48.4. The van der Waals surface area contributed by atoms with Crippen molar-refractivity contribution in [3.8, 4) is 0 Å². The van der Waals surface area contributed by atoms with Crippen LogP contribution in [0.15, 0.2) is 24.3 Å². The number of carbonyl (C=O) groups is 4. The number of ether oxygens (including phenoxy) is 4. The van der Waals surface area contributed by atoms with E-state index in [-0.39, 0.29) is 23.9 Å². The summed E-state index contributed by atoms with van der Waals surface area (Å²) < 4.78 is 22.0. The van der Waals surface area contributed by atoms with Crippen molar-refractivity contribution in [3.05, 3.63) is 24.3 Å². The number of hydrogen-bond acceptors (Lipinski definition) is 10. The van der Waals surface area contributed by atoms with Crippen molar-refractivity contribution in [2.24, 2.45) is 0 Å². The molecule has 0 aliphatic carbocycles. The summed E-state index contributed by atoms with van der Waals surface area (Å²) in [5, 5.41) is 0. The molecule has 0 heterocycles. The molecule has 0 saturated heterocycles. The van der Waals surface area contributed by atoms with Gasteiger partial charge < -0.3 is 9.47 Å². The number of unbranched alkanes of at least 4 members (excludes halogenated alkanes) is 24. The maximum absolute atomic E-state index is 11.3. The SMILES string of the molecule is CCCCCCCC/C=C\CCCCCCCC(=O)OCCS.CCCCCCCC/C=C\CCCCCCCC(=O)OCCS.CCCCOC(=O)C[CH2][Sn][CH2]CC(=O)OCCCC. The van der Waals surface area contributed by atoms with Gasteiger partial charge >= 0.3 is 139 Å². The number of rotatable bonds is 46. The number of thiol groups is 2. The average Bonchev–Trinajstić information content (AvgIpc) is 3.30. The van der Waals surface area contributed by atoms with Crippen LogP contribution in [0.3, 0.4) is 0 Å². The van der Waals surface area contributed by atoms with Crippen LogP contribution in [0.4, 0.5) is 0 Å². The van der Waals surface area contributed by atoms with Gasteiger partial charge in [0.05, 0.1) is 0 Å². The molecule has 0 aliphatic heterocycles. The molecular weight excluding hydrogens is 959 g/mol. The molecule has 0 spiro atoms. The fraction of sp³-hybridized carbons (Fsp3) is 0.852. The van der Waals surface area contributed by atoms with E-state index in [0.29, 0.717) is 63.6 Å². The molecule has 0 saturated carbocycles. The topological polar surface area (TPSA) is 105 Å². The van der Waals surface area contributed by atoms with Gasteiger partial charge in [-0.15, -0.1) is 0 Å². The Balaban J connectivity index is -0.000000892. The van der Waals surface area contributed by atoms with E-state index in [1.807, 2.05) is 0 Å². The van der Waals surface area contributed by atoms with Gasteiger partial charge in [-0.1, -0.05) is 141 Å². The standard InChI is InChI=1S/2C20H38O2S.2C7H13O2.Sn/c2*1-2-3-4-5-6-7-8-9-10-11-12-13-14-15-16-17-20(21)22-18-19-23;2*1-3-5-6-9-7(8)4-2;/h2*9-10,23H,2-8,11-19H2,1H3;2*2-6H2,1H3;/b2*10-9-;;;. The summed E-state index contributed by atoms with van der Waals surface area (Å²) in [6.07, 6.45) is 48.8. The molecule has 11 heteroatoms. The first kappa shape index (κ1) is 68.1. The molecule has 0 atom stereocenters. The van der Waals surface area contributed by atoms with Gasteiger partial charge in [-0.3, -0.25) is 9.59 Å². The van der Waals surface area contributed by atoms with E-state index < -0.39 is 21.1 Å². The second-order valence-corrected chi connectivity index (χ2v) is 22.1. The summed E-state index contributed by atoms with van der Waals surface area (Å²) in [6, 6.07) is 0. The van der Waals surface area contributed by atoms with Crippen molar-refractivity contribution < 1.29 is 38.1 Å². The van der Waals surface area contributed by atoms with Crippen molar-refractivity contribution in [1.29, 1.82) is 0 Å². The number of hydrogen-bond donors (Lipinski definition) is 2. The molecule has 0 unspecified atom stereocenters. The minimum absolute atomic E-state index is 0.0725. The molecule has 0 fully saturated rings. The van der Waals surface area contributed by atoms with Crippen molar-refractivity contribution in [3.63, 3.8) is 0 Å². The zero-order valence-electron chi connectivity index (χ0n) is 42.7. The summed E-state index contributed by atoms with van der Waals surface area (Å²) in [6.45, 7) is 10.6. The van der Waals surface area contributed by atoms with Crippen LogP contribution < -0.4 is 0 Å². The van der Waals surface area contributed by atoms with E-state index in [2.05, 4.69) is 77.3 Å². The van der Waals surface area contributed by atoms with Gasteiger partial charge in [0, 0.05) is 24.3 Å². The minimum atomic E-state index is -0.602. The first-order valence-electron chi connectivity index (χ1n) is 26.7. The van der Waals surface area contributed by atoms with Gasteiger partial charge in [0.25, 0.3) is 0 Å². The predicted octanol–water partition coefficient (Wildman–Crippen LogP) is 16.0. The van der Waals surface area contributed by atoms with Crippen molar-refractivity contribution in [1.82, 2.24) is 0 Å². The van der Waals surface area contributed by atoms with Gasteiger partial charge in [-0.2, -0.15) is 25.3 Å². The third-order valence-corrected chi connectivity index (χ3v) is 14.3. The molecule has 382 valence electrons. The molecule has 0 amide bonds. The predicted molar refractivity (Wildman–Crippen MR) is 285 cm³/mol. The third-order valence-electron chi connectivity index (χ3n) is 10.5. The van der Waals surface area contributed by atoms with E-state index in [4.69, 9.17) is 18.9 Å². The van der Waals surface area contributed by atoms with Crippen LogP contribution in [0.5, 0.6) is 0 Å². The molecule has 2 radical (unpaired) electrons. The summed E-state index contributed by atoms with van der Waals surface area (Å²) in [4.78, 5) is 45.1. The Morgan fingerprint density at radius 2 is 0.600 bits per heavy atom. The van der Waals surface area contributed by atoms with Gasteiger partial charge in [-0.25, -0.2) is 0 Å². The summed E-state index contributed by atoms with van der Waals surface area (Å²) in [7, 11) is 0. The molecule has 0 aromatic carbocycles. The molecule has 0 aromatic rings. The zero-order valence-corrected chi connectivity index (χ0v) is 47.3. The molecule has 0 bridgehead atoms. The van der Waals surface area contributed by atoms with Crippen LogP contribution in [0.1, 0.15) is 246 Å². The van der Waals surface area contributed by atoms with Crippen molar-refractivity contribution in [2.75, 3.05) is 37.9 Å². The normalized spacial score (nSPS) is 10.9. The van der Waals surface area contributed by atoms with E-state index in [1.165, 1.54) is 141 Å². The van der Waals surface area contributed by atoms with Crippen LogP contribution >= 0.6 is 25.3 Å². The Hall–Kier alpha value is -1.14. The third kappa shape index (κ3) is 67.2. The van der Waals surface area contributed by atoms with Crippen LogP contribution in [0.25, 0.3) is 0 Å². The van der Waals surface area contributed by atoms with Crippen LogP contribution in [0.2, 0.25) is 8.87 Å². The maximum atomic E-state index is 11.3. The summed E-state index contributed by atoms with van der Waals surface area (Å²) in [5.41, 5.74) is 0. The van der Waals surface area contributed by atoms with Crippen LogP contribution in [0, 0.1) is 0 Å². The Morgan fingerprint density at radius 3 is 0.908 bits per heavy atom. The van der Waals surface area contributed by atoms with Gasteiger partial charge in [-0.05, 0) is 64.2 Å². The second kappa shape index (κ2) is 62.9. The van der Waals surface area contributed by atoms with Crippen LogP contribution in [-0.2, 0) is 38.1 Å². The van der Waals surface area contributed by atoms with Crippen LogP contribution in [-0.4, -0.2) is 83.0 Å². The quantitative estimate of drug-likeness (QED) is 0.0155. The summed E-state index contributed by atoms with van der Waals surface area (Å²) >= 11 is 7.42. The second-order valence-electron chi connectivity index (χ2n) is 17.0. The first-order chi connectivity index (χ1) is 31.8. The molecule has 8 nitrogen and oxygen atoms in total. The number of carbonyl (C=O) groups excluding carboxylic acids is 4. The van der Waals surface area contributed by atoms with E-state index in [9.17, 15) is 19.2 Å². The molecule has 0 aliphatic rings. The van der Waals surface area contributed by atoms with Crippen molar-refractivity contribution in [2.45, 2.75) is 255 Å². The van der Waals surface area contributed by atoms with Gasteiger partial charge in [0.1, 0.15) is 13.2 Å². The molecule has 65 heavy (non-hydrogen) atoms. The Bertz CT molecular complexity index is 978. The average molecular weight is 1060 g/mol. The van der Waals surface area contributed by atoms with Gasteiger partial charge in [0.2, 0.25) is 0 Å². The Labute approximate surface area is 422 Å². The van der Waals surface area contributed by atoms with E-state index in [0.717, 1.165) is 60.2 Å². The Kier molecular flexibility index (Phi) is 65.9. The molecule has 0 rings (SSSR count). The monoisotopic (exact) mass is 1060 g/mol. The summed E-state index contributed by atoms with van der Waals surface area (Å²) in [5.74, 6) is 0.907. The van der Waals surface area contributed by atoms with E-state index >= 15 is 0 Å². The Morgan fingerprint density at radius 1 is 0.338 bits per heavy atom. The first-order valence-corrected chi connectivity index (χ1v) is 32.0. The molecule has 0 aromatic heterocycles. The fourth-order valence-electron chi connectivity index (χ4n) is 6.45. The fourth-order valence-corrected chi connectivity index (χ4v) is 9.52. The van der Waals surface area contributed by atoms with Gasteiger partial charge in [0.15, 0.2) is 0 Å². The molecular formula is C54H102O8S2Sn. The van der Waals surface area contributed by atoms with Crippen molar-refractivity contribution >= 4 is 70.3 Å². The molecule has 0 N–H and O–H groups in total.